The second kappa shape index (κ2) is 14.7. The number of aliphatic imine (C=N–C) groups is 1. The number of ether oxygens (including phenoxy) is 1. The van der Waals surface area contributed by atoms with E-state index in [1.54, 1.807) is 11.2 Å². The SMILES string of the molecule is CS.Cc1cc(C(=NC=O)N2C[C@@H](C)N(C(=O)OC(C)(C)C)C[C@@H]2C)c2c(c1-c1ccc(F)cc1)SC[C@H](CC1CNC1)[N+]2(C)C. The van der Waals surface area contributed by atoms with Crippen molar-refractivity contribution in [2.24, 2.45) is 10.9 Å². The second-order valence-corrected chi connectivity index (χ2v) is 15.1. The normalized spacial score (nSPS) is 23.1. The van der Waals surface area contributed by atoms with Gasteiger partial charge in [-0.05, 0) is 96.1 Å². The molecule has 0 bridgehead atoms. The molecule has 11 heteroatoms. The predicted octanol–water partition coefficient (Wildman–Crippen LogP) is 6.23. The van der Waals surface area contributed by atoms with E-state index in [1.165, 1.54) is 12.1 Å². The van der Waals surface area contributed by atoms with E-state index in [1.807, 2.05) is 51.6 Å². The average Bonchev–Trinajstić information content (AvgIpc) is 2.96. The molecule has 0 unspecified atom stereocenters. The van der Waals surface area contributed by atoms with Crippen LogP contribution >= 0.6 is 24.4 Å². The van der Waals surface area contributed by atoms with Crippen molar-refractivity contribution in [2.75, 3.05) is 52.3 Å². The molecular weight excluding hydrogens is 622 g/mol. The Bertz CT molecular complexity index is 1440. The summed E-state index contributed by atoms with van der Waals surface area (Å²) in [5.74, 6) is 1.99. The molecule has 8 nitrogen and oxygen atoms in total. The molecular formula is C35H51FN5O3S2+. The zero-order chi connectivity index (χ0) is 34.0. The molecule has 252 valence electrons. The molecule has 3 atom stereocenters. The number of benzene rings is 2. The van der Waals surface area contributed by atoms with E-state index < -0.39 is 5.60 Å². The quantitative estimate of drug-likeness (QED) is 0.129. The lowest BCUT2D eigenvalue weighted by atomic mass is 9.90. The maximum Gasteiger partial charge on any atom is 0.410 e. The molecule has 0 spiro atoms. The lowest BCUT2D eigenvalue weighted by Crippen LogP contribution is -2.61. The number of hydrogen-bond donors (Lipinski definition) is 2. The van der Waals surface area contributed by atoms with Gasteiger partial charge in [0.1, 0.15) is 23.3 Å². The van der Waals surface area contributed by atoms with Crippen molar-refractivity contribution < 1.29 is 18.7 Å². The minimum atomic E-state index is -0.586. The minimum absolute atomic E-state index is 0.103. The zero-order valence-electron chi connectivity index (χ0n) is 28.8. The Kier molecular flexibility index (Phi) is 11.6. The van der Waals surface area contributed by atoms with Crippen LogP contribution in [0, 0.1) is 18.7 Å². The van der Waals surface area contributed by atoms with Crippen LogP contribution in [0.15, 0.2) is 40.2 Å². The molecule has 0 aromatic heterocycles. The number of hydrogen-bond acceptors (Lipinski definition) is 6. The first-order chi connectivity index (χ1) is 21.7. The van der Waals surface area contributed by atoms with E-state index in [-0.39, 0.29) is 24.0 Å². The zero-order valence-corrected chi connectivity index (χ0v) is 30.5. The van der Waals surface area contributed by atoms with Crippen molar-refractivity contribution in [3.05, 3.63) is 47.3 Å². The Labute approximate surface area is 284 Å². The number of thioether (sulfide) groups is 1. The first-order valence-electron chi connectivity index (χ1n) is 16.0. The van der Waals surface area contributed by atoms with E-state index in [0.717, 1.165) is 58.1 Å². The van der Waals surface area contributed by atoms with Gasteiger partial charge >= 0.3 is 6.09 Å². The molecule has 2 aromatic rings. The third-order valence-electron chi connectivity index (χ3n) is 9.27. The number of rotatable bonds is 5. The van der Waals surface area contributed by atoms with Crippen LogP contribution in [0.2, 0.25) is 0 Å². The fourth-order valence-corrected chi connectivity index (χ4v) is 8.53. The maximum atomic E-state index is 14.0. The van der Waals surface area contributed by atoms with Crippen molar-refractivity contribution in [3.8, 4) is 11.1 Å². The van der Waals surface area contributed by atoms with Gasteiger partial charge in [0.05, 0.1) is 30.3 Å². The van der Waals surface area contributed by atoms with Crippen LogP contribution in [0.5, 0.6) is 0 Å². The largest absolute Gasteiger partial charge is 0.444 e. The summed E-state index contributed by atoms with van der Waals surface area (Å²) in [6.45, 7) is 14.8. The number of nitrogens with one attached hydrogen (secondary N) is 1. The molecule has 2 saturated heterocycles. The van der Waals surface area contributed by atoms with Gasteiger partial charge in [-0.3, -0.25) is 9.28 Å². The standard InChI is InChI=1S/C34H47FN5O3S.CH4S/c1-21-13-28(32(37-20-41)38-17-23(3)39(18-22(38)2)33(42)43-34(4,5)6)30-31(29(21)25-9-11-26(35)12-10-25)44-19-27(40(30,7)8)14-24-15-36-16-24;1-2/h9-13,20,22-24,27,36H,14-19H2,1-8H3;2H,1H3/q+1;/t22-,23+,27-;/m0./s1. The fourth-order valence-electron chi connectivity index (χ4n) is 6.76. The number of fused-ring (bicyclic) bond motifs is 1. The lowest BCUT2D eigenvalue weighted by Gasteiger charge is -2.48. The van der Waals surface area contributed by atoms with Gasteiger partial charge in [0.25, 0.3) is 0 Å². The van der Waals surface area contributed by atoms with Crippen LogP contribution in [-0.2, 0) is 9.53 Å². The smallest absolute Gasteiger partial charge is 0.410 e. The number of nitrogens with zero attached hydrogens (tertiary/aromatic N) is 4. The van der Waals surface area contributed by atoms with Crippen LogP contribution in [0.4, 0.5) is 14.9 Å². The Morgan fingerprint density at radius 1 is 1.13 bits per heavy atom. The molecule has 2 aromatic carbocycles. The Morgan fingerprint density at radius 3 is 2.30 bits per heavy atom. The van der Waals surface area contributed by atoms with Crippen LogP contribution in [0.3, 0.4) is 0 Å². The number of piperazine rings is 1. The van der Waals surface area contributed by atoms with Crippen molar-refractivity contribution in [1.82, 2.24) is 19.6 Å². The number of halogens is 1. The molecule has 3 heterocycles. The lowest BCUT2D eigenvalue weighted by molar-refractivity contribution is -0.106. The minimum Gasteiger partial charge on any atom is -0.444 e. The number of amidine groups is 1. The van der Waals surface area contributed by atoms with Crippen LogP contribution in [0.25, 0.3) is 11.1 Å². The highest BCUT2D eigenvalue weighted by Gasteiger charge is 2.45. The van der Waals surface area contributed by atoms with Gasteiger partial charge in [-0.2, -0.15) is 17.6 Å². The van der Waals surface area contributed by atoms with E-state index >= 15 is 0 Å². The molecule has 2 fully saturated rings. The number of carbonyl (C=O) groups excluding carboxylic acids is 2. The number of thiol groups is 1. The van der Waals surface area contributed by atoms with E-state index in [9.17, 15) is 14.0 Å². The summed E-state index contributed by atoms with van der Waals surface area (Å²) in [5, 5.41) is 3.42. The highest BCUT2D eigenvalue weighted by Crippen LogP contribution is 2.51. The van der Waals surface area contributed by atoms with E-state index in [4.69, 9.17) is 4.74 Å². The number of carbonyl (C=O) groups is 2. The highest BCUT2D eigenvalue weighted by atomic mass is 32.2. The number of quaternary nitrogens is 1. The molecule has 2 amide bonds. The van der Waals surface area contributed by atoms with Gasteiger partial charge in [-0.15, -0.1) is 11.8 Å². The summed E-state index contributed by atoms with van der Waals surface area (Å²) >= 11 is 5.39. The summed E-state index contributed by atoms with van der Waals surface area (Å²) in [5.41, 5.74) is 4.61. The Balaban J connectivity index is 0.00000235. The second-order valence-electron chi connectivity index (χ2n) is 14.1. The molecule has 0 saturated carbocycles. The van der Waals surface area contributed by atoms with E-state index in [0.29, 0.717) is 41.8 Å². The fraction of sp³-hybridized carbons (Fsp3) is 0.571. The molecule has 0 aliphatic carbocycles. The van der Waals surface area contributed by atoms with Gasteiger partial charge in [-0.25, -0.2) is 9.18 Å². The first-order valence-corrected chi connectivity index (χ1v) is 17.9. The van der Waals surface area contributed by atoms with Gasteiger partial charge < -0.3 is 19.9 Å². The highest BCUT2D eigenvalue weighted by molar-refractivity contribution is 7.99. The Morgan fingerprint density at radius 2 is 1.74 bits per heavy atom. The molecule has 5 rings (SSSR count). The van der Waals surface area contributed by atoms with Crippen LogP contribution in [0.1, 0.15) is 52.2 Å². The third-order valence-corrected chi connectivity index (χ3v) is 10.5. The molecule has 46 heavy (non-hydrogen) atoms. The van der Waals surface area contributed by atoms with Crippen molar-refractivity contribution in [2.45, 2.75) is 76.6 Å². The summed E-state index contributed by atoms with van der Waals surface area (Å²) in [4.78, 5) is 34.9. The van der Waals surface area contributed by atoms with Crippen LogP contribution in [-0.4, -0.2) is 104 Å². The molecule has 3 aliphatic heterocycles. The maximum absolute atomic E-state index is 14.0. The van der Waals surface area contributed by atoms with Gasteiger partial charge in [0.15, 0.2) is 5.69 Å². The Hall–Kier alpha value is -2.60. The molecule has 1 N–H and O–H groups in total. The van der Waals surface area contributed by atoms with Crippen molar-refractivity contribution in [3.63, 3.8) is 0 Å². The summed E-state index contributed by atoms with van der Waals surface area (Å²) in [6.07, 6.45) is 3.11. The monoisotopic (exact) mass is 672 g/mol. The molecule has 3 aliphatic rings. The van der Waals surface area contributed by atoms with Gasteiger partial charge in [-0.1, -0.05) is 12.1 Å². The van der Waals surface area contributed by atoms with E-state index in [2.05, 4.69) is 61.8 Å². The topological polar surface area (TPSA) is 74.2 Å². The predicted molar refractivity (Wildman–Crippen MR) is 192 cm³/mol. The average molecular weight is 673 g/mol. The van der Waals surface area contributed by atoms with Crippen LogP contribution < -0.4 is 9.80 Å². The summed E-state index contributed by atoms with van der Waals surface area (Å²) < 4.78 is 20.3. The third kappa shape index (κ3) is 7.58. The van der Waals surface area contributed by atoms with Gasteiger partial charge in [0.2, 0.25) is 6.41 Å². The number of aryl methyl sites for hydroxylation is 1. The summed E-state index contributed by atoms with van der Waals surface area (Å²) in [7, 11) is 4.54. The van der Waals surface area contributed by atoms with Gasteiger partial charge in [0, 0.05) is 37.2 Å². The number of amides is 2. The molecule has 0 radical (unpaired) electrons. The van der Waals surface area contributed by atoms with Crippen molar-refractivity contribution in [1.29, 1.82) is 0 Å². The van der Waals surface area contributed by atoms with Crippen molar-refractivity contribution >= 4 is 48.4 Å². The first kappa shape index (κ1) is 36.2. The summed E-state index contributed by atoms with van der Waals surface area (Å²) in [6, 6.07) is 9.01.